The van der Waals surface area contributed by atoms with Crippen LogP contribution in [0.5, 0.6) is 0 Å². The number of likely N-dealkylation sites (tertiary alicyclic amines) is 1. The predicted molar refractivity (Wildman–Crippen MR) is 68.9 cm³/mol. The number of carbonyl (C=O) groups excluding carboxylic acids is 1. The largest absolute Gasteiger partial charge is 0.300 e. The van der Waals surface area contributed by atoms with Crippen molar-refractivity contribution in [1.29, 1.82) is 0 Å². The van der Waals surface area contributed by atoms with Crippen molar-refractivity contribution in [2.24, 2.45) is 7.05 Å². The van der Waals surface area contributed by atoms with Gasteiger partial charge in [-0.2, -0.15) is 0 Å². The highest BCUT2D eigenvalue weighted by Crippen LogP contribution is 2.31. The van der Waals surface area contributed by atoms with Gasteiger partial charge in [-0.1, -0.05) is 17.4 Å². The normalized spacial score (nSPS) is 25.1. The van der Waals surface area contributed by atoms with Crippen LogP contribution in [-0.4, -0.2) is 38.3 Å². The van der Waals surface area contributed by atoms with Crippen LogP contribution >= 0.6 is 0 Å². The summed E-state index contributed by atoms with van der Waals surface area (Å²) in [4.78, 5) is 14.0. The monoisotopic (exact) mass is 246 g/mol. The Labute approximate surface area is 107 Å². The van der Waals surface area contributed by atoms with Gasteiger partial charge in [-0.15, -0.1) is 18.3 Å². The van der Waals surface area contributed by atoms with E-state index in [1.165, 1.54) is 0 Å². The molecule has 0 unspecified atom stereocenters. The van der Waals surface area contributed by atoms with E-state index in [1.54, 1.807) is 4.68 Å². The fourth-order valence-electron chi connectivity index (χ4n) is 2.42. The Morgan fingerprint density at radius 3 is 2.83 bits per heavy atom. The molecule has 1 aliphatic rings. The standard InChI is InChI=1S/C13H18N4O/c1-4-6-17-10(5-2)7-11(18)8-13(17)12-9-16(3)15-14-12/h4-5,9-10,13H,1-2,6-8H2,3H3/t10-,13-/m0/s1. The van der Waals surface area contributed by atoms with Gasteiger partial charge in [0.05, 0.1) is 6.04 Å². The molecule has 5 heteroatoms. The van der Waals surface area contributed by atoms with E-state index in [4.69, 9.17) is 0 Å². The second-order valence-corrected chi connectivity index (χ2v) is 4.57. The minimum Gasteiger partial charge on any atom is -0.300 e. The van der Waals surface area contributed by atoms with Gasteiger partial charge in [-0.05, 0) is 0 Å². The Morgan fingerprint density at radius 2 is 2.28 bits per heavy atom. The number of piperidine rings is 1. The first-order valence-electron chi connectivity index (χ1n) is 6.02. The summed E-state index contributed by atoms with van der Waals surface area (Å²) in [6.07, 6.45) is 6.53. The van der Waals surface area contributed by atoms with Crippen molar-refractivity contribution in [1.82, 2.24) is 19.9 Å². The molecule has 1 aromatic heterocycles. The number of hydrogen-bond acceptors (Lipinski definition) is 4. The summed E-state index contributed by atoms with van der Waals surface area (Å²) in [6, 6.07) is 0.0252. The summed E-state index contributed by atoms with van der Waals surface area (Å²) in [6.45, 7) is 8.30. The fraction of sp³-hybridized carbons (Fsp3) is 0.462. The number of Topliss-reactive ketones (excluding diaryl/α,β-unsaturated/α-hetero) is 1. The second kappa shape index (κ2) is 5.27. The summed E-state index contributed by atoms with van der Waals surface area (Å²) >= 11 is 0. The summed E-state index contributed by atoms with van der Waals surface area (Å²) in [5, 5.41) is 8.06. The molecule has 18 heavy (non-hydrogen) atoms. The zero-order valence-electron chi connectivity index (χ0n) is 10.6. The molecule has 0 N–H and O–H groups in total. The third kappa shape index (κ3) is 2.41. The first-order valence-corrected chi connectivity index (χ1v) is 6.02. The van der Waals surface area contributed by atoms with Crippen molar-refractivity contribution >= 4 is 5.78 Å². The lowest BCUT2D eigenvalue weighted by atomic mass is 9.92. The predicted octanol–water partition coefficient (Wildman–Crippen LogP) is 1.26. The van der Waals surface area contributed by atoms with E-state index in [0.717, 1.165) is 5.69 Å². The quantitative estimate of drug-likeness (QED) is 0.751. The van der Waals surface area contributed by atoms with Crippen molar-refractivity contribution in [2.75, 3.05) is 6.54 Å². The molecule has 0 bridgehead atoms. The number of ketones is 1. The van der Waals surface area contributed by atoms with E-state index in [-0.39, 0.29) is 17.9 Å². The van der Waals surface area contributed by atoms with Gasteiger partial charge in [-0.25, -0.2) is 0 Å². The molecule has 5 nitrogen and oxygen atoms in total. The van der Waals surface area contributed by atoms with Crippen LogP contribution in [0.3, 0.4) is 0 Å². The molecular formula is C13H18N4O. The van der Waals surface area contributed by atoms with Crippen LogP contribution in [0.25, 0.3) is 0 Å². The Morgan fingerprint density at radius 1 is 1.50 bits per heavy atom. The molecule has 0 radical (unpaired) electrons. The molecule has 2 heterocycles. The van der Waals surface area contributed by atoms with Crippen molar-refractivity contribution < 1.29 is 4.79 Å². The topological polar surface area (TPSA) is 51.0 Å². The van der Waals surface area contributed by atoms with E-state index >= 15 is 0 Å². The van der Waals surface area contributed by atoms with Crippen LogP contribution in [0.1, 0.15) is 24.6 Å². The zero-order chi connectivity index (χ0) is 13.1. The lowest BCUT2D eigenvalue weighted by molar-refractivity contribution is -0.124. The van der Waals surface area contributed by atoms with Crippen LogP contribution < -0.4 is 0 Å². The molecule has 0 saturated carbocycles. The lowest BCUT2D eigenvalue weighted by Crippen LogP contribution is -2.44. The van der Waals surface area contributed by atoms with Crippen LogP contribution in [-0.2, 0) is 11.8 Å². The molecule has 0 aromatic carbocycles. The lowest BCUT2D eigenvalue weighted by Gasteiger charge is -2.38. The molecule has 96 valence electrons. The average Bonchev–Trinajstić information content (AvgIpc) is 2.77. The van der Waals surface area contributed by atoms with Gasteiger partial charge in [-0.3, -0.25) is 14.4 Å². The first-order chi connectivity index (χ1) is 8.65. The molecule has 1 fully saturated rings. The summed E-state index contributed by atoms with van der Waals surface area (Å²) in [7, 11) is 1.82. The maximum Gasteiger partial charge on any atom is 0.136 e. The van der Waals surface area contributed by atoms with E-state index in [9.17, 15) is 4.79 Å². The van der Waals surface area contributed by atoms with Crippen LogP contribution in [0.4, 0.5) is 0 Å². The van der Waals surface area contributed by atoms with E-state index in [1.807, 2.05) is 25.4 Å². The Hall–Kier alpha value is -1.75. The fourth-order valence-corrected chi connectivity index (χ4v) is 2.42. The summed E-state index contributed by atoms with van der Waals surface area (Å²) < 4.78 is 1.66. The minimum absolute atomic E-state index is 0.0269. The first kappa shape index (κ1) is 12.7. The third-order valence-electron chi connectivity index (χ3n) is 3.26. The number of aryl methyl sites for hydroxylation is 1. The highest BCUT2D eigenvalue weighted by atomic mass is 16.1. The molecule has 1 aliphatic heterocycles. The molecular weight excluding hydrogens is 228 g/mol. The van der Waals surface area contributed by atoms with Crippen LogP contribution in [0, 0.1) is 0 Å². The molecule has 1 aromatic rings. The number of carbonyl (C=O) groups is 1. The Kier molecular flexibility index (Phi) is 3.72. The number of hydrogen-bond donors (Lipinski definition) is 0. The molecule has 2 rings (SSSR count). The molecule has 0 spiro atoms. The smallest absolute Gasteiger partial charge is 0.136 e. The highest BCUT2D eigenvalue weighted by molar-refractivity contribution is 5.81. The van der Waals surface area contributed by atoms with Gasteiger partial charge < -0.3 is 0 Å². The SMILES string of the molecule is C=CCN1[C@@H](C=C)CC(=O)C[C@H]1c1cn(C)nn1. The molecule has 1 saturated heterocycles. The van der Waals surface area contributed by atoms with Crippen molar-refractivity contribution in [3.8, 4) is 0 Å². The van der Waals surface area contributed by atoms with Crippen LogP contribution in [0.15, 0.2) is 31.5 Å². The van der Waals surface area contributed by atoms with Crippen molar-refractivity contribution in [2.45, 2.75) is 24.9 Å². The maximum atomic E-state index is 11.8. The van der Waals surface area contributed by atoms with Gasteiger partial charge in [0.25, 0.3) is 0 Å². The van der Waals surface area contributed by atoms with Gasteiger partial charge in [0.2, 0.25) is 0 Å². The highest BCUT2D eigenvalue weighted by Gasteiger charge is 2.34. The number of nitrogens with zero attached hydrogens (tertiary/aromatic N) is 4. The van der Waals surface area contributed by atoms with Gasteiger partial charge in [0.1, 0.15) is 11.5 Å². The van der Waals surface area contributed by atoms with E-state index in [0.29, 0.717) is 19.4 Å². The third-order valence-corrected chi connectivity index (χ3v) is 3.26. The summed E-state index contributed by atoms with van der Waals surface area (Å²) in [5.41, 5.74) is 0.833. The van der Waals surface area contributed by atoms with Crippen LogP contribution in [0.2, 0.25) is 0 Å². The second-order valence-electron chi connectivity index (χ2n) is 4.57. The molecule has 0 amide bonds. The Bertz CT molecular complexity index is 465. The maximum absolute atomic E-state index is 11.8. The van der Waals surface area contributed by atoms with Gasteiger partial charge in [0, 0.05) is 38.7 Å². The zero-order valence-corrected chi connectivity index (χ0v) is 10.6. The molecule has 2 atom stereocenters. The Balaban J connectivity index is 2.30. The van der Waals surface area contributed by atoms with Gasteiger partial charge >= 0.3 is 0 Å². The van der Waals surface area contributed by atoms with Crippen molar-refractivity contribution in [3.63, 3.8) is 0 Å². The van der Waals surface area contributed by atoms with Crippen molar-refractivity contribution in [3.05, 3.63) is 37.2 Å². The number of aromatic nitrogens is 3. The number of rotatable bonds is 4. The molecule has 0 aliphatic carbocycles. The minimum atomic E-state index is -0.0269. The van der Waals surface area contributed by atoms with E-state index in [2.05, 4.69) is 28.4 Å². The van der Waals surface area contributed by atoms with Gasteiger partial charge in [0.15, 0.2) is 0 Å². The van der Waals surface area contributed by atoms with E-state index < -0.39 is 0 Å². The average molecular weight is 246 g/mol. The summed E-state index contributed by atoms with van der Waals surface area (Å²) in [5.74, 6) is 0.246.